The molecule has 12 heteroatoms. The zero-order chi connectivity index (χ0) is 26.4. The third kappa shape index (κ3) is 4.81. The highest BCUT2D eigenvalue weighted by Crippen LogP contribution is 2.39. The number of anilines is 2. The van der Waals surface area contributed by atoms with Crippen LogP contribution >= 0.6 is 0 Å². The van der Waals surface area contributed by atoms with E-state index in [1.165, 1.54) is 6.07 Å². The molecule has 1 atom stereocenters. The van der Waals surface area contributed by atoms with Crippen LogP contribution in [-0.4, -0.2) is 48.6 Å². The van der Waals surface area contributed by atoms with Gasteiger partial charge in [0.25, 0.3) is 0 Å². The Bertz CT molecular complexity index is 1430. The monoisotopic (exact) mass is 515 g/mol. The SMILES string of the molecule is CCN1CCN(c2ccc(NC3=NC=C(C)C(N)(c4ccc5oc(=O)[nH]c5c4)N3)cc2C(F)(F)F)CC1. The molecule has 5 N–H and O–H groups in total. The van der Waals surface area contributed by atoms with Crippen LogP contribution in [0.15, 0.2) is 62.4 Å². The lowest BCUT2D eigenvalue weighted by Crippen LogP contribution is -2.57. The first-order valence-corrected chi connectivity index (χ1v) is 12.0. The highest BCUT2D eigenvalue weighted by atomic mass is 19.4. The van der Waals surface area contributed by atoms with Crippen molar-refractivity contribution in [2.24, 2.45) is 10.7 Å². The van der Waals surface area contributed by atoms with Gasteiger partial charge in [-0.1, -0.05) is 13.0 Å². The quantitative estimate of drug-likeness (QED) is 0.421. The number of rotatable bonds is 4. The molecule has 196 valence electrons. The standard InChI is InChI=1S/C25H28F3N7O2/c1-3-34-8-10-35(11-9-34)20-6-5-17(13-18(20)25(26,27)28)31-22-30-14-15(2)24(29,33-22)16-4-7-21-19(12-16)32-23(36)37-21/h4-7,12-14H,3,8-11,29H2,1-2H3,(H,32,36)(H2,30,31,33). The van der Waals surface area contributed by atoms with Crippen LogP contribution in [-0.2, 0) is 11.8 Å². The van der Waals surface area contributed by atoms with E-state index in [9.17, 15) is 18.0 Å². The van der Waals surface area contributed by atoms with Crippen LogP contribution in [0.1, 0.15) is 25.0 Å². The number of guanidine groups is 1. The van der Waals surface area contributed by atoms with Gasteiger partial charge in [-0.3, -0.25) is 4.98 Å². The Morgan fingerprint density at radius 1 is 1.16 bits per heavy atom. The van der Waals surface area contributed by atoms with E-state index in [1.807, 2.05) is 6.92 Å². The van der Waals surface area contributed by atoms with Crippen LogP contribution in [0.3, 0.4) is 0 Å². The molecule has 2 aromatic carbocycles. The van der Waals surface area contributed by atoms with Crippen LogP contribution in [0.5, 0.6) is 0 Å². The fraction of sp³-hybridized carbons (Fsp3) is 0.360. The molecule has 0 spiro atoms. The molecule has 0 amide bonds. The average molecular weight is 516 g/mol. The fourth-order valence-electron chi connectivity index (χ4n) is 4.70. The van der Waals surface area contributed by atoms with Gasteiger partial charge < -0.3 is 30.6 Å². The first kappa shape index (κ1) is 24.9. The van der Waals surface area contributed by atoms with E-state index in [0.29, 0.717) is 35.3 Å². The lowest BCUT2D eigenvalue weighted by Gasteiger charge is -2.37. The third-order valence-corrected chi connectivity index (χ3v) is 6.92. The predicted octanol–water partition coefficient (Wildman–Crippen LogP) is 3.37. The van der Waals surface area contributed by atoms with Gasteiger partial charge in [-0.2, -0.15) is 13.2 Å². The van der Waals surface area contributed by atoms with Crippen molar-refractivity contribution in [3.63, 3.8) is 0 Å². The minimum absolute atomic E-state index is 0.165. The second-order valence-corrected chi connectivity index (χ2v) is 9.22. The summed E-state index contributed by atoms with van der Waals surface area (Å²) in [4.78, 5) is 22.4. The maximum Gasteiger partial charge on any atom is 0.418 e. The van der Waals surface area contributed by atoms with E-state index in [2.05, 4.69) is 25.5 Å². The molecule has 1 fully saturated rings. The predicted molar refractivity (Wildman–Crippen MR) is 136 cm³/mol. The second kappa shape index (κ2) is 9.27. The number of aliphatic imine (C=N–C) groups is 1. The van der Waals surface area contributed by atoms with Gasteiger partial charge >= 0.3 is 11.9 Å². The number of aromatic nitrogens is 1. The van der Waals surface area contributed by atoms with E-state index in [-0.39, 0.29) is 17.3 Å². The van der Waals surface area contributed by atoms with Crippen molar-refractivity contribution in [1.82, 2.24) is 15.2 Å². The zero-order valence-corrected chi connectivity index (χ0v) is 20.4. The number of nitrogens with one attached hydrogen (secondary N) is 3. The van der Waals surface area contributed by atoms with E-state index < -0.39 is 23.2 Å². The topological polar surface area (TPSA) is 115 Å². The summed E-state index contributed by atoms with van der Waals surface area (Å²) in [6.07, 6.45) is -2.98. The van der Waals surface area contributed by atoms with Gasteiger partial charge in [0, 0.05) is 43.8 Å². The van der Waals surface area contributed by atoms with E-state index in [4.69, 9.17) is 10.2 Å². The minimum Gasteiger partial charge on any atom is -0.408 e. The van der Waals surface area contributed by atoms with Crippen LogP contribution < -0.4 is 27.0 Å². The maximum absolute atomic E-state index is 14.1. The number of hydrogen-bond donors (Lipinski definition) is 4. The highest BCUT2D eigenvalue weighted by Gasteiger charge is 2.37. The molecule has 2 aliphatic rings. The maximum atomic E-state index is 14.1. The van der Waals surface area contributed by atoms with Gasteiger partial charge in [-0.15, -0.1) is 0 Å². The summed E-state index contributed by atoms with van der Waals surface area (Å²) in [6, 6.07) is 9.21. The Morgan fingerprint density at radius 2 is 1.92 bits per heavy atom. The van der Waals surface area contributed by atoms with Crippen molar-refractivity contribution < 1.29 is 17.6 Å². The Morgan fingerprint density at radius 3 is 2.62 bits per heavy atom. The zero-order valence-electron chi connectivity index (χ0n) is 20.4. The molecular weight excluding hydrogens is 487 g/mol. The number of fused-ring (bicyclic) bond motifs is 1. The Labute approximate surface area is 210 Å². The Hall–Kier alpha value is -3.77. The molecule has 3 heterocycles. The Kier molecular flexibility index (Phi) is 6.24. The van der Waals surface area contributed by atoms with Gasteiger partial charge in [-0.25, -0.2) is 9.79 Å². The summed E-state index contributed by atoms with van der Waals surface area (Å²) < 4.78 is 47.2. The average Bonchev–Trinajstić information content (AvgIpc) is 3.25. The normalized spacial score (nSPS) is 21.0. The molecule has 3 aromatic rings. The van der Waals surface area contributed by atoms with Gasteiger partial charge in [0.05, 0.1) is 11.1 Å². The van der Waals surface area contributed by atoms with Crippen LogP contribution in [0.2, 0.25) is 0 Å². The minimum atomic E-state index is -4.53. The number of nitrogens with zero attached hydrogens (tertiary/aromatic N) is 3. The number of H-pyrrole nitrogens is 1. The largest absolute Gasteiger partial charge is 0.418 e. The van der Waals surface area contributed by atoms with Gasteiger partial charge in [0.1, 0.15) is 5.66 Å². The van der Waals surface area contributed by atoms with Crippen molar-refractivity contribution in [1.29, 1.82) is 0 Å². The number of hydrogen-bond acceptors (Lipinski definition) is 8. The summed E-state index contributed by atoms with van der Waals surface area (Å²) in [5.74, 6) is -0.395. The lowest BCUT2D eigenvalue weighted by atomic mass is 9.92. The van der Waals surface area contributed by atoms with Crippen LogP contribution in [0.4, 0.5) is 24.5 Å². The van der Waals surface area contributed by atoms with Crippen LogP contribution in [0.25, 0.3) is 11.1 Å². The van der Waals surface area contributed by atoms with E-state index >= 15 is 0 Å². The van der Waals surface area contributed by atoms with Crippen molar-refractivity contribution in [2.75, 3.05) is 42.9 Å². The molecule has 0 radical (unpaired) electrons. The van der Waals surface area contributed by atoms with Crippen molar-refractivity contribution in [2.45, 2.75) is 25.7 Å². The van der Waals surface area contributed by atoms with Crippen LogP contribution in [0, 0.1) is 0 Å². The molecule has 1 unspecified atom stereocenters. The van der Waals surface area contributed by atoms with Gasteiger partial charge in [0.2, 0.25) is 5.96 Å². The molecule has 0 aliphatic carbocycles. The number of nitrogens with two attached hydrogens (primary N) is 1. The molecule has 2 aliphatic heterocycles. The first-order chi connectivity index (χ1) is 17.6. The molecule has 1 saturated heterocycles. The summed E-state index contributed by atoms with van der Waals surface area (Å²) in [6.45, 7) is 7.21. The molecule has 37 heavy (non-hydrogen) atoms. The Balaban J connectivity index is 1.40. The van der Waals surface area contributed by atoms with Crippen molar-refractivity contribution in [3.8, 4) is 0 Å². The highest BCUT2D eigenvalue weighted by molar-refractivity contribution is 5.96. The number of piperazine rings is 1. The molecule has 0 saturated carbocycles. The number of halogens is 3. The number of likely N-dealkylation sites (N-methyl/N-ethyl adjacent to an activating group) is 1. The third-order valence-electron chi connectivity index (χ3n) is 6.92. The summed E-state index contributed by atoms with van der Waals surface area (Å²) >= 11 is 0. The van der Waals surface area contributed by atoms with Gasteiger partial charge in [0.15, 0.2) is 5.58 Å². The summed E-state index contributed by atoms with van der Waals surface area (Å²) in [7, 11) is 0. The summed E-state index contributed by atoms with van der Waals surface area (Å²) in [5, 5.41) is 6.03. The molecule has 0 bridgehead atoms. The lowest BCUT2D eigenvalue weighted by molar-refractivity contribution is -0.137. The van der Waals surface area contributed by atoms with E-state index in [1.54, 1.807) is 42.3 Å². The molecule has 5 rings (SSSR count). The number of alkyl halides is 3. The smallest absolute Gasteiger partial charge is 0.408 e. The van der Waals surface area contributed by atoms with Gasteiger partial charge in [-0.05, 0) is 54.9 Å². The van der Waals surface area contributed by atoms with E-state index in [0.717, 1.165) is 25.7 Å². The molecule has 1 aromatic heterocycles. The summed E-state index contributed by atoms with van der Waals surface area (Å²) in [5.41, 5.74) is 7.29. The van der Waals surface area contributed by atoms with Crippen molar-refractivity contribution in [3.05, 3.63) is 69.8 Å². The second-order valence-electron chi connectivity index (χ2n) is 9.22. The first-order valence-electron chi connectivity index (χ1n) is 12.0. The number of aromatic amines is 1. The molecular formula is C25H28F3N7O2. The molecule has 9 nitrogen and oxygen atoms in total. The number of benzene rings is 2. The van der Waals surface area contributed by atoms with Crippen molar-refractivity contribution >= 4 is 28.4 Å². The fourth-order valence-corrected chi connectivity index (χ4v) is 4.70. The number of oxazole rings is 1.